The third-order valence-electron chi connectivity index (χ3n) is 2.37. The largest absolute Gasteiger partial charge is 0.491 e. The van der Waals surface area contributed by atoms with Gasteiger partial charge in [0.05, 0.1) is 19.1 Å². The molecule has 1 unspecified atom stereocenters. The molecule has 4 heteroatoms. The number of benzene rings is 1. The first-order valence-corrected chi connectivity index (χ1v) is 6.20. The molecule has 0 heterocycles. The van der Waals surface area contributed by atoms with Crippen molar-refractivity contribution >= 4 is 5.97 Å². The van der Waals surface area contributed by atoms with Crippen LogP contribution in [0.15, 0.2) is 24.3 Å². The highest BCUT2D eigenvalue weighted by Gasteiger charge is 2.12. The van der Waals surface area contributed by atoms with Gasteiger partial charge in [0, 0.05) is 6.04 Å². The van der Waals surface area contributed by atoms with Gasteiger partial charge in [0.2, 0.25) is 0 Å². The number of rotatable bonds is 6. The van der Waals surface area contributed by atoms with Crippen LogP contribution in [0, 0.1) is 0 Å². The molecule has 0 aliphatic rings. The Morgan fingerprint density at radius 2 is 1.89 bits per heavy atom. The lowest BCUT2D eigenvalue weighted by molar-refractivity contribution is -0.143. The Bertz CT molecular complexity index is 373. The normalized spacial score (nSPS) is 12.3. The summed E-state index contributed by atoms with van der Waals surface area (Å²) in [4.78, 5) is 11.3. The molecular weight excluding hydrogens is 230 g/mol. The second-order valence-corrected chi connectivity index (χ2v) is 4.35. The van der Waals surface area contributed by atoms with Crippen LogP contribution in [-0.4, -0.2) is 18.7 Å². The topological polar surface area (TPSA) is 61.5 Å². The zero-order valence-electron chi connectivity index (χ0n) is 11.2. The maximum atomic E-state index is 11.3. The van der Waals surface area contributed by atoms with Gasteiger partial charge in [-0.05, 0) is 38.5 Å². The quantitative estimate of drug-likeness (QED) is 0.789. The molecule has 1 atom stereocenters. The van der Waals surface area contributed by atoms with Crippen molar-refractivity contribution in [3.8, 4) is 5.75 Å². The molecule has 0 radical (unpaired) electrons. The molecule has 0 amide bonds. The fourth-order valence-electron chi connectivity index (χ4n) is 1.58. The van der Waals surface area contributed by atoms with Gasteiger partial charge in [-0.3, -0.25) is 4.79 Å². The number of hydrogen-bond donors (Lipinski definition) is 1. The van der Waals surface area contributed by atoms with Crippen LogP contribution in [0.4, 0.5) is 0 Å². The smallest absolute Gasteiger partial charge is 0.307 e. The van der Waals surface area contributed by atoms with Crippen LogP contribution in [0.2, 0.25) is 0 Å². The summed E-state index contributed by atoms with van der Waals surface area (Å²) in [5.41, 5.74) is 6.84. The van der Waals surface area contributed by atoms with Crippen LogP contribution in [0.5, 0.6) is 5.75 Å². The number of ether oxygens (including phenoxy) is 2. The van der Waals surface area contributed by atoms with Gasteiger partial charge in [-0.1, -0.05) is 12.1 Å². The molecule has 4 nitrogen and oxygen atoms in total. The van der Waals surface area contributed by atoms with Gasteiger partial charge in [0.1, 0.15) is 5.75 Å². The Balaban J connectivity index is 2.58. The molecule has 0 saturated carbocycles. The second kappa shape index (κ2) is 7.01. The minimum Gasteiger partial charge on any atom is -0.491 e. The van der Waals surface area contributed by atoms with Gasteiger partial charge >= 0.3 is 5.97 Å². The van der Waals surface area contributed by atoms with Crippen LogP contribution >= 0.6 is 0 Å². The first-order chi connectivity index (χ1) is 8.52. The van der Waals surface area contributed by atoms with Crippen molar-refractivity contribution in [1.82, 2.24) is 0 Å². The van der Waals surface area contributed by atoms with E-state index < -0.39 is 0 Å². The van der Waals surface area contributed by atoms with Crippen LogP contribution in [-0.2, 0) is 9.53 Å². The SMILES string of the molecule is CCOC(=O)CC(N)c1ccc(OC(C)C)cc1. The van der Waals surface area contributed by atoms with Gasteiger partial charge in [-0.25, -0.2) is 0 Å². The molecule has 1 rings (SSSR count). The number of carbonyl (C=O) groups is 1. The van der Waals surface area contributed by atoms with E-state index in [2.05, 4.69) is 0 Å². The molecule has 1 aromatic carbocycles. The zero-order valence-corrected chi connectivity index (χ0v) is 11.2. The monoisotopic (exact) mass is 251 g/mol. The molecule has 0 aromatic heterocycles. The summed E-state index contributed by atoms with van der Waals surface area (Å²) in [6.45, 7) is 6.11. The van der Waals surface area contributed by atoms with E-state index in [0.717, 1.165) is 11.3 Å². The first-order valence-electron chi connectivity index (χ1n) is 6.20. The molecule has 18 heavy (non-hydrogen) atoms. The second-order valence-electron chi connectivity index (χ2n) is 4.35. The van der Waals surface area contributed by atoms with Gasteiger partial charge in [-0.15, -0.1) is 0 Å². The number of nitrogens with two attached hydrogens (primary N) is 1. The van der Waals surface area contributed by atoms with Crippen molar-refractivity contribution in [3.05, 3.63) is 29.8 Å². The van der Waals surface area contributed by atoms with Gasteiger partial charge in [0.25, 0.3) is 0 Å². The van der Waals surface area contributed by atoms with E-state index in [1.807, 2.05) is 38.1 Å². The van der Waals surface area contributed by atoms with E-state index in [1.54, 1.807) is 6.92 Å². The highest BCUT2D eigenvalue weighted by Crippen LogP contribution is 2.19. The van der Waals surface area contributed by atoms with Crippen molar-refractivity contribution < 1.29 is 14.3 Å². The molecule has 0 fully saturated rings. The van der Waals surface area contributed by atoms with Crippen LogP contribution < -0.4 is 10.5 Å². The summed E-state index contributed by atoms with van der Waals surface area (Å²) >= 11 is 0. The molecule has 0 aliphatic heterocycles. The lowest BCUT2D eigenvalue weighted by atomic mass is 10.0. The molecule has 0 saturated heterocycles. The molecule has 0 bridgehead atoms. The Kier molecular flexibility index (Phi) is 5.65. The Morgan fingerprint density at radius 3 is 2.39 bits per heavy atom. The third kappa shape index (κ3) is 4.75. The van der Waals surface area contributed by atoms with Gasteiger partial charge < -0.3 is 15.2 Å². The van der Waals surface area contributed by atoms with Crippen molar-refractivity contribution in [2.45, 2.75) is 39.3 Å². The summed E-state index contributed by atoms with van der Waals surface area (Å²) in [5.74, 6) is 0.532. The van der Waals surface area contributed by atoms with Crippen LogP contribution in [0.1, 0.15) is 38.8 Å². The molecule has 2 N–H and O–H groups in total. The lowest BCUT2D eigenvalue weighted by Gasteiger charge is -2.13. The zero-order chi connectivity index (χ0) is 13.5. The van der Waals surface area contributed by atoms with E-state index in [0.29, 0.717) is 6.61 Å². The summed E-state index contributed by atoms with van der Waals surface area (Å²) in [7, 11) is 0. The highest BCUT2D eigenvalue weighted by atomic mass is 16.5. The average molecular weight is 251 g/mol. The summed E-state index contributed by atoms with van der Waals surface area (Å²) < 4.78 is 10.4. The molecule has 100 valence electrons. The highest BCUT2D eigenvalue weighted by molar-refractivity contribution is 5.70. The van der Waals surface area contributed by atoms with E-state index >= 15 is 0 Å². The number of esters is 1. The van der Waals surface area contributed by atoms with Crippen molar-refractivity contribution in [2.24, 2.45) is 5.73 Å². The molecule has 1 aromatic rings. The molecule has 0 spiro atoms. The van der Waals surface area contributed by atoms with Crippen molar-refractivity contribution in [2.75, 3.05) is 6.61 Å². The van der Waals surface area contributed by atoms with E-state index in [1.165, 1.54) is 0 Å². The predicted molar refractivity (Wildman–Crippen MR) is 70.4 cm³/mol. The van der Waals surface area contributed by atoms with Crippen LogP contribution in [0.25, 0.3) is 0 Å². The first kappa shape index (κ1) is 14.5. The van der Waals surface area contributed by atoms with Gasteiger partial charge in [-0.2, -0.15) is 0 Å². The van der Waals surface area contributed by atoms with Crippen LogP contribution in [0.3, 0.4) is 0 Å². The molecule has 0 aliphatic carbocycles. The van der Waals surface area contributed by atoms with E-state index in [-0.39, 0.29) is 24.5 Å². The maximum Gasteiger partial charge on any atom is 0.307 e. The van der Waals surface area contributed by atoms with E-state index in [9.17, 15) is 4.79 Å². The van der Waals surface area contributed by atoms with Crippen molar-refractivity contribution in [3.63, 3.8) is 0 Å². The standard InChI is InChI=1S/C14H21NO3/c1-4-17-14(16)9-13(15)11-5-7-12(8-6-11)18-10(2)3/h5-8,10,13H,4,9,15H2,1-3H3. The Labute approximate surface area is 108 Å². The fraction of sp³-hybridized carbons (Fsp3) is 0.500. The number of hydrogen-bond acceptors (Lipinski definition) is 4. The predicted octanol–water partition coefficient (Wildman–Crippen LogP) is 2.43. The summed E-state index contributed by atoms with van der Waals surface area (Å²) in [5, 5.41) is 0. The maximum absolute atomic E-state index is 11.3. The Hall–Kier alpha value is -1.55. The van der Waals surface area contributed by atoms with E-state index in [4.69, 9.17) is 15.2 Å². The third-order valence-corrected chi connectivity index (χ3v) is 2.37. The lowest BCUT2D eigenvalue weighted by Crippen LogP contribution is -2.17. The average Bonchev–Trinajstić information content (AvgIpc) is 2.29. The van der Waals surface area contributed by atoms with Gasteiger partial charge in [0.15, 0.2) is 0 Å². The summed E-state index contributed by atoms with van der Waals surface area (Å²) in [6.07, 6.45) is 0.335. The van der Waals surface area contributed by atoms with Crippen molar-refractivity contribution in [1.29, 1.82) is 0 Å². The minimum atomic E-state index is -0.336. The Morgan fingerprint density at radius 1 is 1.28 bits per heavy atom. The molecular formula is C14H21NO3. The summed E-state index contributed by atoms with van der Waals surface area (Å²) in [6, 6.07) is 7.14. The fourth-order valence-corrected chi connectivity index (χ4v) is 1.58. The minimum absolute atomic E-state index is 0.143. The number of carbonyl (C=O) groups excluding carboxylic acids is 1.